The minimum Gasteiger partial charge on any atom is -0.352 e. The number of rotatable bonds is 5. The molecule has 1 rings (SSSR count). The van der Waals surface area contributed by atoms with Crippen molar-refractivity contribution < 1.29 is 4.79 Å². The van der Waals surface area contributed by atoms with E-state index >= 15 is 0 Å². The van der Waals surface area contributed by atoms with Gasteiger partial charge in [0.15, 0.2) is 0 Å². The zero-order valence-electron chi connectivity index (χ0n) is 9.74. The molecule has 0 radical (unpaired) electrons. The van der Waals surface area contributed by atoms with Gasteiger partial charge in [0.2, 0.25) is 5.91 Å². The van der Waals surface area contributed by atoms with Crippen LogP contribution in [-0.4, -0.2) is 17.3 Å². The standard InChI is InChI=1S/C13H18BrNO/c1-3-12(9-14)15-13(16)10(2)11-7-5-4-6-8-11/h4-8,10,12H,3,9H2,1-2H3,(H,15,16). The molecular formula is C13H18BrNO. The van der Waals surface area contributed by atoms with Crippen LogP contribution in [0.4, 0.5) is 0 Å². The number of benzene rings is 1. The van der Waals surface area contributed by atoms with E-state index in [4.69, 9.17) is 0 Å². The van der Waals surface area contributed by atoms with E-state index in [0.29, 0.717) is 0 Å². The van der Waals surface area contributed by atoms with Gasteiger partial charge in [-0.2, -0.15) is 0 Å². The number of nitrogens with one attached hydrogen (secondary N) is 1. The quantitative estimate of drug-likeness (QED) is 0.827. The van der Waals surface area contributed by atoms with Crippen molar-refractivity contribution in [2.24, 2.45) is 0 Å². The van der Waals surface area contributed by atoms with Gasteiger partial charge < -0.3 is 5.32 Å². The van der Waals surface area contributed by atoms with E-state index in [0.717, 1.165) is 17.3 Å². The second kappa shape index (κ2) is 6.69. The molecule has 16 heavy (non-hydrogen) atoms. The van der Waals surface area contributed by atoms with E-state index in [9.17, 15) is 4.79 Å². The molecule has 2 atom stereocenters. The minimum atomic E-state index is -0.0886. The average Bonchev–Trinajstić information content (AvgIpc) is 2.35. The summed E-state index contributed by atoms with van der Waals surface area (Å²) >= 11 is 3.40. The van der Waals surface area contributed by atoms with E-state index in [1.54, 1.807) is 0 Å². The molecule has 1 amide bonds. The fourth-order valence-electron chi connectivity index (χ4n) is 1.47. The fraction of sp³-hybridized carbons (Fsp3) is 0.462. The largest absolute Gasteiger partial charge is 0.352 e. The monoisotopic (exact) mass is 283 g/mol. The first-order chi connectivity index (χ1) is 7.69. The van der Waals surface area contributed by atoms with Crippen molar-refractivity contribution in [3.63, 3.8) is 0 Å². The number of hydrogen-bond donors (Lipinski definition) is 1. The smallest absolute Gasteiger partial charge is 0.227 e. The Balaban J connectivity index is 2.61. The Morgan fingerprint density at radius 1 is 1.38 bits per heavy atom. The third kappa shape index (κ3) is 3.63. The summed E-state index contributed by atoms with van der Waals surface area (Å²) in [5.74, 6) is 0.00630. The van der Waals surface area contributed by atoms with Crippen LogP contribution >= 0.6 is 15.9 Å². The van der Waals surface area contributed by atoms with Crippen LogP contribution in [0.2, 0.25) is 0 Å². The Morgan fingerprint density at radius 3 is 2.50 bits per heavy atom. The van der Waals surface area contributed by atoms with Crippen molar-refractivity contribution in [2.45, 2.75) is 32.2 Å². The lowest BCUT2D eigenvalue weighted by atomic mass is 10.00. The van der Waals surface area contributed by atoms with Gasteiger partial charge >= 0.3 is 0 Å². The number of alkyl halides is 1. The van der Waals surface area contributed by atoms with E-state index in [-0.39, 0.29) is 17.9 Å². The molecule has 0 aliphatic carbocycles. The molecule has 0 aromatic heterocycles. The van der Waals surface area contributed by atoms with Crippen LogP contribution < -0.4 is 5.32 Å². The predicted octanol–water partition coefficient (Wildman–Crippen LogP) is 3.08. The zero-order valence-corrected chi connectivity index (χ0v) is 11.3. The molecule has 0 aliphatic rings. The van der Waals surface area contributed by atoms with Crippen LogP contribution in [0.1, 0.15) is 31.7 Å². The fourth-order valence-corrected chi connectivity index (χ4v) is 2.09. The van der Waals surface area contributed by atoms with Gasteiger partial charge in [-0.05, 0) is 18.9 Å². The van der Waals surface area contributed by atoms with Gasteiger partial charge in [-0.25, -0.2) is 0 Å². The summed E-state index contributed by atoms with van der Waals surface area (Å²) in [6.45, 7) is 4.00. The summed E-state index contributed by atoms with van der Waals surface area (Å²) in [4.78, 5) is 11.9. The first-order valence-electron chi connectivity index (χ1n) is 5.60. The first-order valence-corrected chi connectivity index (χ1v) is 6.72. The molecule has 0 heterocycles. The third-order valence-corrected chi connectivity index (χ3v) is 3.50. The summed E-state index contributed by atoms with van der Waals surface area (Å²) in [5, 5.41) is 3.83. The maximum absolute atomic E-state index is 11.9. The lowest BCUT2D eigenvalue weighted by Crippen LogP contribution is -2.38. The topological polar surface area (TPSA) is 29.1 Å². The molecular weight excluding hydrogens is 266 g/mol. The molecule has 1 aromatic carbocycles. The molecule has 2 unspecified atom stereocenters. The number of hydrogen-bond acceptors (Lipinski definition) is 1. The van der Waals surface area contributed by atoms with Crippen molar-refractivity contribution >= 4 is 21.8 Å². The van der Waals surface area contributed by atoms with Crippen molar-refractivity contribution in [3.05, 3.63) is 35.9 Å². The van der Waals surface area contributed by atoms with Crippen molar-refractivity contribution in [1.29, 1.82) is 0 Å². The summed E-state index contributed by atoms with van der Waals surface area (Å²) in [6.07, 6.45) is 0.943. The maximum Gasteiger partial charge on any atom is 0.227 e. The van der Waals surface area contributed by atoms with Gasteiger partial charge in [0, 0.05) is 11.4 Å². The van der Waals surface area contributed by atoms with Crippen LogP contribution in [0.3, 0.4) is 0 Å². The highest BCUT2D eigenvalue weighted by atomic mass is 79.9. The van der Waals surface area contributed by atoms with Gasteiger partial charge in [0.05, 0.1) is 5.92 Å². The van der Waals surface area contributed by atoms with Gasteiger partial charge in [-0.1, -0.05) is 53.2 Å². The minimum absolute atomic E-state index is 0.0886. The third-order valence-electron chi connectivity index (χ3n) is 2.72. The summed E-state index contributed by atoms with van der Waals surface area (Å²) in [6, 6.07) is 10.1. The van der Waals surface area contributed by atoms with Crippen LogP contribution in [0.15, 0.2) is 30.3 Å². The van der Waals surface area contributed by atoms with Gasteiger partial charge in [-0.3, -0.25) is 4.79 Å². The van der Waals surface area contributed by atoms with Crippen LogP contribution in [0, 0.1) is 0 Å². The summed E-state index contributed by atoms with van der Waals surface area (Å²) in [7, 11) is 0. The maximum atomic E-state index is 11.9. The van der Waals surface area contributed by atoms with Gasteiger partial charge in [-0.15, -0.1) is 0 Å². The summed E-state index contributed by atoms with van der Waals surface area (Å²) in [5.41, 5.74) is 1.06. The highest BCUT2D eigenvalue weighted by Crippen LogP contribution is 2.15. The molecule has 0 fully saturated rings. The number of amides is 1. The normalized spacial score (nSPS) is 14.2. The Bertz CT molecular complexity index is 322. The first kappa shape index (κ1) is 13.2. The number of carbonyl (C=O) groups is 1. The SMILES string of the molecule is CCC(CBr)NC(=O)C(C)c1ccccc1. The zero-order chi connectivity index (χ0) is 12.0. The molecule has 0 spiro atoms. The molecule has 0 saturated carbocycles. The van der Waals surface area contributed by atoms with Crippen molar-refractivity contribution in [1.82, 2.24) is 5.32 Å². The average molecular weight is 284 g/mol. The Morgan fingerprint density at radius 2 is 2.00 bits per heavy atom. The lowest BCUT2D eigenvalue weighted by Gasteiger charge is -2.18. The van der Waals surface area contributed by atoms with Crippen molar-refractivity contribution in [2.75, 3.05) is 5.33 Å². The van der Waals surface area contributed by atoms with Crippen LogP contribution in [0.25, 0.3) is 0 Å². The van der Waals surface area contributed by atoms with Crippen molar-refractivity contribution in [3.8, 4) is 0 Å². The molecule has 88 valence electrons. The van der Waals surface area contributed by atoms with E-state index in [2.05, 4.69) is 28.2 Å². The van der Waals surface area contributed by atoms with Gasteiger partial charge in [0.25, 0.3) is 0 Å². The summed E-state index contributed by atoms with van der Waals surface area (Å²) < 4.78 is 0. The highest BCUT2D eigenvalue weighted by molar-refractivity contribution is 9.09. The highest BCUT2D eigenvalue weighted by Gasteiger charge is 2.17. The number of halogens is 1. The second-order valence-electron chi connectivity index (χ2n) is 3.90. The molecule has 0 bridgehead atoms. The van der Waals surface area contributed by atoms with Crippen LogP contribution in [0.5, 0.6) is 0 Å². The molecule has 1 N–H and O–H groups in total. The molecule has 0 aliphatic heterocycles. The number of carbonyl (C=O) groups excluding carboxylic acids is 1. The van der Waals surface area contributed by atoms with Crippen LogP contribution in [-0.2, 0) is 4.79 Å². The van der Waals surface area contributed by atoms with Gasteiger partial charge in [0.1, 0.15) is 0 Å². The van der Waals surface area contributed by atoms with E-state index < -0.39 is 0 Å². The molecule has 1 aromatic rings. The Hall–Kier alpha value is -0.830. The molecule has 2 nitrogen and oxygen atoms in total. The second-order valence-corrected chi connectivity index (χ2v) is 4.55. The van der Waals surface area contributed by atoms with E-state index in [1.165, 1.54) is 0 Å². The predicted molar refractivity (Wildman–Crippen MR) is 70.9 cm³/mol. The Kier molecular flexibility index (Phi) is 5.53. The Labute approximate surface area is 106 Å². The van der Waals surface area contributed by atoms with E-state index in [1.807, 2.05) is 37.3 Å². The lowest BCUT2D eigenvalue weighted by molar-refractivity contribution is -0.122. The molecule has 3 heteroatoms. The molecule has 0 saturated heterocycles.